The fourth-order valence-electron chi connectivity index (χ4n) is 5.67. The third kappa shape index (κ3) is 4.88. The molecule has 2 aromatic carbocycles. The monoisotopic (exact) mass is 513 g/mol. The van der Waals surface area contributed by atoms with E-state index in [0.29, 0.717) is 0 Å². The highest BCUT2D eigenvalue weighted by Crippen LogP contribution is 2.37. The number of pyridine rings is 1. The van der Waals surface area contributed by atoms with Crippen LogP contribution in [0.4, 0.5) is 0 Å². The van der Waals surface area contributed by atoms with Crippen LogP contribution < -0.4 is 4.74 Å². The number of carboxylic acids is 1. The lowest BCUT2D eigenvalue weighted by molar-refractivity contribution is -0.141. The highest BCUT2D eigenvalue weighted by molar-refractivity contribution is 5.80. The summed E-state index contributed by atoms with van der Waals surface area (Å²) in [7, 11) is 1.86. The van der Waals surface area contributed by atoms with Gasteiger partial charge in [-0.3, -0.25) is 14.7 Å². The zero-order valence-electron chi connectivity index (χ0n) is 22.9. The molecule has 198 valence electrons. The highest BCUT2D eigenvalue weighted by Gasteiger charge is 2.31. The summed E-state index contributed by atoms with van der Waals surface area (Å²) in [6.45, 7) is 12.3. The number of fused-ring (bicyclic) bond motifs is 2. The van der Waals surface area contributed by atoms with E-state index in [1.165, 1.54) is 11.1 Å². The molecular weight excluding hydrogens is 478 g/mol. The highest BCUT2D eigenvalue weighted by atomic mass is 16.5. The molecule has 0 aliphatic carbocycles. The number of benzene rings is 2. The Hall–Kier alpha value is -3.78. The first-order valence-electron chi connectivity index (χ1n) is 13.0. The van der Waals surface area contributed by atoms with Gasteiger partial charge in [-0.1, -0.05) is 36.4 Å². The minimum absolute atomic E-state index is 0.327. The van der Waals surface area contributed by atoms with E-state index in [9.17, 15) is 9.90 Å². The van der Waals surface area contributed by atoms with Gasteiger partial charge in [0.25, 0.3) is 0 Å². The zero-order chi connectivity index (χ0) is 27.2. The first-order valence-corrected chi connectivity index (χ1v) is 13.0. The number of ether oxygens (including phenoxy) is 1. The summed E-state index contributed by atoms with van der Waals surface area (Å²) in [5.74, 6) is -0.900. The van der Waals surface area contributed by atoms with Crippen LogP contribution in [0, 0.1) is 19.8 Å². The van der Waals surface area contributed by atoms with Gasteiger partial charge in [0, 0.05) is 50.6 Å². The van der Waals surface area contributed by atoms with Gasteiger partial charge in [0.1, 0.15) is 16.9 Å². The number of carboxylic acid groups (broad SMARTS) is 1. The van der Waals surface area contributed by atoms with Crippen molar-refractivity contribution in [2.24, 2.45) is 13.0 Å². The van der Waals surface area contributed by atoms with Crippen molar-refractivity contribution in [2.45, 2.75) is 59.2 Å². The summed E-state index contributed by atoms with van der Waals surface area (Å²) in [6, 6.07) is 12.3. The van der Waals surface area contributed by atoms with Crippen molar-refractivity contribution < 1.29 is 14.6 Å². The Labute approximate surface area is 223 Å². The third-order valence-electron chi connectivity index (χ3n) is 7.67. The minimum atomic E-state index is -0.828. The molecular formula is C30H35N5O3. The van der Waals surface area contributed by atoms with Crippen LogP contribution >= 0.6 is 0 Å². The van der Waals surface area contributed by atoms with Crippen molar-refractivity contribution in [3.8, 4) is 5.75 Å². The van der Waals surface area contributed by atoms with Gasteiger partial charge in [0.2, 0.25) is 0 Å². The maximum absolute atomic E-state index is 12.3. The molecule has 8 nitrogen and oxygen atoms in total. The van der Waals surface area contributed by atoms with Crippen LogP contribution in [0.2, 0.25) is 0 Å². The normalized spacial score (nSPS) is 16.9. The molecule has 8 heteroatoms. The zero-order valence-corrected chi connectivity index (χ0v) is 22.9. The van der Waals surface area contributed by atoms with Crippen molar-refractivity contribution in [1.29, 1.82) is 0 Å². The Balaban J connectivity index is 1.54. The van der Waals surface area contributed by atoms with Crippen molar-refractivity contribution in [3.05, 3.63) is 82.2 Å². The number of hydrogen-bond donors (Lipinski definition) is 1. The molecule has 2 atom stereocenters. The molecule has 0 bridgehead atoms. The number of aryl methyl sites for hydroxylation is 3. The Morgan fingerprint density at radius 2 is 1.97 bits per heavy atom. The van der Waals surface area contributed by atoms with Crippen molar-refractivity contribution in [2.75, 3.05) is 6.54 Å². The second kappa shape index (κ2) is 9.83. The molecule has 0 radical (unpaired) electrons. The first-order chi connectivity index (χ1) is 18.0. The van der Waals surface area contributed by atoms with Crippen molar-refractivity contribution in [3.63, 3.8) is 0 Å². The number of nitrogens with zero attached hydrogens (tertiary/aromatic N) is 5. The predicted octanol–water partition coefficient (Wildman–Crippen LogP) is 5.01. The fourth-order valence-corrected chi connectivity index (χ4v) is 5.67. The molecule has 0 fully saturated rings. The molecule has 0 saturated carbocycles. The smallest absolute Gasteiger partial charge is 0.307 e. The van der Waals surface area contributed by atoms with E-state index < -0.39 is 11.9 Å². The predicted molar refractivity (Wildman–Crippen MR) is 146 cm³/mol. The second-order valence-electron chi connectivity index (χ2n) is 11.1. The van der Waals surface area contributed by atoms with E-state index in [1.54, 1.807) is 17.8 Å². The van der Waals surface area contributed by atoms with Crippen LogP contribution in [-0.4, -0.2) is 48.1 Å². The average Bonchev–Trinajstić information content (AvgIpc) is 3.17. The SMILES string of the molecule is Cc1ccc([C@H](c2ccc3c(nnn3C)c2C)[C@H](C)C(=O)O)cc1CN1Cc2cnccc2OC(C)(C)C1. The first kappa shape index (κ1) is 25.9. The summed E-state index contributed by atoms with van der Waals surface area (Å²) in [6.07, 6.45) is 3.64. The topological polar surface area (TPSA) is 93.4 Å². The Morgan fingerprint density at radius 3 is 2.74 bits per heavy atom. The van der Waals surface area contributed by atoms with Crippen molar-refractivity contribution >= 4 is 17.0 Å². The number of carbonyl (C=O) groups is 1. The van der Waals surface area contributed by atoms with Crippen LogP contribution in [0.25, 0.3) is 11.0 Å². The lowest BCUT2D eigenvalue weighted by atomic mass is 9.79. The summed E-state index contributed by atoms with van der Waals surface area (Å²) in [4.78, 5) is 19.0. The van der Waals surface area contributed by atoms with E-state index >= 15 is 0 Å². The molecule has 0 spiro atoms. The summed E-state index contributed by atoms with van der Waals surface area (Å²) in [5.41, 5.74) is 7.70. The maximum atomic E-state index is 12.3. The molecule has 2 aromatic heterocycles. The average molecular weight is 514 g/mol. The maximum Gasteiger partial charge on any atom is 0.307 e. The second-order valence-corrected chi connectivity index (χ2v) is 11.1. The van der Waals surface area contributed by atoms with Gasteiger partial charge in [0.05, 0.1) is 11.4 Å². The van der Waals surface area contributed by atoms with Crippen LogP contribution in [0.3, 0.4) is 0 Å². The summed E-state index contributed by atoms with van der Waals surface area (Å²) in [5, 5.41) is 18.6. The molecule has 1 N–H and O–H groups in total. The number of aliphatic carboxylic acids is 1. The molecule has 0 saturated heterocycles. The minimum Gasteiger partial charge on any atom is -0.486 e. The molecule has 0 unspecified atom stereocenters. The molecule has 1 aliphatic heterocycles. The Morgan fingerprint density at radius 1 is 1.18 bits per heavy atom. The van der Waals surface area contributed by atoms with Gasteiger partial charge in [-0.2, -0.15) is 0 Å². The van der Waals surface area contributed by atoms with E-state index in [0.717, 1.165) is 58.7 Å². The van der Waals surface area contributed by atoms with Gasteiger partial charge in [-0.25, -0.2) is 4.68 Å². The molecule has 4 aromatic rings. The molecule has 0 amide bonds. The summed E-state index contributed by atoms with van der Waals surface area (Å²) < 4.78 is 8.05. The number of rotatable bonds is 6. The number of hydrogen-bond acceptors (Lipinski definition) is 6. The van der Waals surface area contributed by atoms with Crippen LogP contribution in [-0.2, 0) is 24.9 Å². The van der Waals surface area contributed by atoms with Crippen LogP contribution in [0.1, 0.15) is 60.1 Å². The van der Waals surface area contributed by atoms with Crippen molar-refractivity contribution in [1.82, 2.24) is 24.9 Å². The van der Waals surface area contributed by atoms with Crippen LogP contribution in [0.15, 0.2) is 48.8 Å². The molecule has 3 heterocycles. The lowest BCUT2D eigenvalue weighted by Gasteiger charge is -2.30. The van der Waals surface area contributed by atoms with Gasteiger partial charge in [-0.05, 0) is 67.6 Å². The summed E-state index contributed by atoms with van der Waals surface area (Å²) >= 11 is 0. The lowest BCUT2D eigenvalue weighted by Crippen LogP contribution is -2.40. The van der Waals surface area contributed by atoms with Crippen LogP contribution in [0.5, 0.6) is 5.75 Å². The fraction of sp³-hybridized carbons (Fsp3) is 0.400. The molecule has 5 rings (SSSR count). The number of aromatic nitrogens is 4. The van der Waals surface area contributed by atoms with Gasteiger partial charge in [0.15, 0.2) is 0 Å². The Kier molecular flexibility index (Phi) is 6.69. The van der Waals surface area contributed by atoms with E-state index in [1.807, 2.05) is 38.4 Å². The quantitative estimate of drug-likeness (QED) is 0.388. The Bertz CT molecular complexity index is 1510. The molecule has 1 aliphatic rings. The standard InChI is InChI=1S/C30H35N5O3/c1-18-7-8-21(13-22(18)15-35-16-23-14-31-12-11-26(23)38-30(4,5)17-35)27(20(3)29(36)37)24-9-10-25-28(19(24)2)32-33-34(25)6/h7-14,20,27H,15-17H2,1-6H3,(H,36,37)/t20-,27+/m0/s1. The van der Waals surface area contributed by atoms with E-state index in [2.05, 4.69) is 59.2 Å². The third-order valence-corrected chi connectivity index (χ3v) is 7.67. The largest absolute Gasteiger partial charge is 0.486 e. The molecule has 38 heavy (non-hydrogen) atoms. The van der Waals surface area contributed by atoms with E-state index in [-0.39, 0.29) is 11.5 Å². The van der Waals surface area contributed by atoms with Gasteiger partial charge in [-0.15, -0.1) is 5.10 Å². The van der Waals surface area contributed by atoms with Gasteiger partial charge < -0.3 is 9.84 Å². The van der Waals surface area contributed by atoms with E-state index in [4.69, 9.17) is 4.74 Å². The van der Waals surface area contributed by atoms with Gasteiger partial charge >= 0.3 is 5.97 Å².